The Balaban J connectivity index is -0.000000405. The summed E-state index contributed by atoms with van der Waals surface area (Å²) in [6.07, 6.45) is 0. The van der Waals surface area contributed by atoms with Gasteiger partial charge in [-0.3, -0.25) is 9.11 Å². The van der Waals surface area contributed by atoms with E-state index in [1.54, 1.807) is 0 Å². The molecule has 0 radical (unpaired) electrons. The van der Waals surface area contributed by atoms with Crippen molar-refractivity contribution in [2.24, 2.45) is 0 Å². The van der Waals surface area contributed by atoms with E-state index >= 15 is 0 Å². The van der Waals surface area contributed by atoms with Gasteiger partial charge in [-0.1, -0.05) is 0 Å². The molecule has 0 atom stereocenters. The maximum Gasteiger partial charge on any atom is 1.00 e. The van der Waals surface area contributed by atoms with E-state index < -0.39 is 31.7 Å². The molecule has 0 aliphatic heterocycles. The summed E-state index contributed by atoms with van der Waals surface area (Å²) in [5.41, 5.74) is 0. The zero-order valence-electron chi connectivity index (χ0n) is 6.76. The molecule has 0 aromatic heterocycles. The molecular formula is C2H6Na2O6S2+2. The van der Waals surface area contributed by atoms with Gasteiger partial charge in [0.25, 0.3) is 20.2 Å². The van der Waals surface area contributed by atoms with Crippen LogP contribution in [0, 0.1) is 0 Å². The molecule has 0 aliphatic carbocycles. The van der Waals surface area contributed by atoms with Crippen LogP contribution < -0.4 is 59.1 Å². The van der Waals surface area contributed by atoms with Gasteiger partial charge < -0.3 is 0 Å². The quantitative estimate of drug-likeness (QED) is 0.372. The van der Waals surface area contributed by atoms with Crippen molar-refractivity contribution >= 4 is 20.2 Å². The number of rotatable bonds is 3. The van der Waals surface area contributed by atoms with Crippen LogP contribution in [0.5, 0.6) is 0 Å². The summed E-state index contributed by atoms with van der Waals surface area (Å²) in [6, 6.07) is 0. The molecule has 0 saturated carbocycles. The van der Waals surface area contributed by atoms with Gasteiger partial charge in [0.15, 0.2) is 0 Å². The normalized spacial score (nSPS) is 11.2. The van der Waals surface area contributed by atoms with Crippen LogP contribution in [0.15, 0.2) is 0 Å². The van der Waals surface area contributed by atoms with Crippen molar-refractivity contribution in [3.05, 3.63) is 0 Å². The molecule has 0 fully saturated rings. The van der Waals surface area contributed by atoms with E-state index in [0.29, 0.717) is 0 Å². The fraction of sp³-hybridized carbons (Fsp3) is 1.00. The third-order valence-electron chi connectivity index (χ3n) is 0.599. The summed E-state index contributed by atoms with van der Waals surface area (Å²) in [7, 11) is -8.59. The fourth-order valence-corrected chi connectivity index (χ4v) is 1.90. The third kappa shape index (κ3) is 17.8. The minimum absolute atomic E-state index is 0. The Morgan fingerprint density at radius 2 is 0.917 bits per heavy atom. The van der Waals surface area contributed by atoms with Crippen molar-refractivity contribution in [2.75, 3.05) is 11.5 Å². The van der Waals surface area contributed by atoms with Gasteiger partial charge in [-0.05, 0) is 0 Å². The van der Waals surface area contributed by atoms with Crippen molar-refractivity contribution in [1.82, 2.24) is 0 Å². The molecule has 0 unspecified atom stereocenters. The summed E-state index contributed by atoms with van der Waals surface area (Å²) < 4.78 is 55.4. The number of hydrogen-bond acceptors (Lipinski definition) is 4. The molecule has 0 aromatic rings. The Morgan fingerprint density at radius 3 is 1.00 bits per heavy atom. The Labute approximate surface area is 115 Å². The van der Waals surface area contributed by atoms with Gasteiger partial charge in [-0.2, -0.15) is 16.8 Å². The first-order chi connectivity index (χ1) is 4.21. The zero-order valence-corrected chi connectivity index (χ0v) is 12.4. The van der Waals surface area contributed by atoms with E-state index in [9.17, 15) is 16.8 Å². The molecule has 0 heterocycles. The molecular weight excluding hydrogens is 230 g/mol. The molecule has 12 heavy (non-hydrogen) atoms. The SMILES string of the molecule is O=S(=O)(O)CCS(=O)(=O)O.[Na+].[Na+]. The minimum atomic E-state index is -4.30. The predicted octanol–water partition coefficient (Wildman–Crippen LogP) is -7.23. The van der Waals surface area contributed by atoms with Crippen LogP contribution >= 0.6 is 0 Å². The van der Waals surface area contributed by atoms with Gasteiger partial charge >= 0.3 is 59.1 Å². The van der Waals surface area contributed by atoms with Crippen molar-refractivity contribution in [1.29, 1.82) is 0 Å². The Hall–Kier alpha value is 1.82. The first-order valence-corrected chi connectivity index (χ1v) is 5.33. The molecule has 0 rings (SSSR count). The molecule has 0 bridgehead atoms. The van der Waals surface area contributed by atoms with Gasteiger partial charge in [-0.15, -0.1) is 0 Å². The topological polar surface area (TPSA) is 109 Å². The molecule has 0 aromatic carbocycles. The standard InChI is InChI=1S/C2H6O6S2.2Na/c3-9(4,5)1-2-10(6,7)8;;/h1-2H2,(H,3,4,5)(H,6,7,8);;/q;2*+1. The van der Waals surface area contributed by atoms with E-state index in [0.717, 1.165) is 0 Å². The Kier molecular flexibility index (Phi) is 11.6. The van der Waals surface area contributed by atoms with Crippen LogP contribution in [0.25, 0.3) is 0 Å². The Bertz CT molecular complexity index is 258. The van der Waals surface area contributed by atoms with E-state index in [1.165, 1.54) is 0 Å². The summed E-state index contributed by atoms with van der Waals surface area (Å²) in [5.74, 6) is -1.96. The summed E-state index contributed by atoms with van der Waals surface area (Å²) >= 11 is 0. The largest absolute Gasteiger partial charge is 1.00 e. The second-order valence-corrected chi connectivity index (χ2v) is 4.72. The average Bonchev–Trinajstić information content (AvgIpc) is 1.57. The number of hydrogen-bond donors (Lipinski definition) is 2. The van der Waals surface area contributed by atoms with Crippen LogP contribution in [0.4, 0.5) is 0 Å². The predicted molar refractivity (Wildman–Crippen MR) is 32.8 cm³/mol. The van der Waals surface area contributed by atoms with Crippen LogP contribution in [-0.2, 0) is 20.2 Å². The second kappa shape index (κ2) is 7.16. The monoisotopic (exact) mass is 236 g/mol. The van der Waals surface area contributed by atoms with Crippen molar-refractivity contribution in [2.45, 2.75) is 0 Å². The fourth-order valence-electron chi connectivity index (χ4n) is 0.211. The van der Waals surface area contributed by atoms with E-state index in [-0.39, 0.29) is 59.1 Å². The van der Waals surface area contributed by atoms with Crippen molar-refractivity contribution in [3.63, 3.8) is 0 Å². The summed E-state index contributed by atoms with van der Waals surface area (Å²) in [6.45, 7) is 0. The van der Waals surface area contributed by atoms with Gasteiger partial charge in [0.05, 0.1) is 11.5 Å². The Morgan fingerprint density at radius 1 is 0.750 bits per heavy atom. The molecule has 62 valence electrons. The molecule has 6 nitrogen and oxygen atoms in total. The second-order valence-electron chi connectivity index (χ2n) is 1.57. The zero-order chi connectivity index (χ0) is 8.41. The summed E-state index contributed by atoms with van der Waals surface area (Å²) in [5, 5.41) is 0. The van der Waals surface area contributed by atoms with Gasteiger partial charge in [-0.25, -0.2) is 0 Å². The van der Waals surface area contributed by atoms with Crippen LogP contribution in [-0.4, -0.2) is 37.4 Å². The van der Waals surface area contributed by atoms with Crippen LogP contribution in [0.1, 0.15) is 0 Å². The van der Waals surface area contributed by atoms with E-state index in [4.69, 9.17) is 9.11 Å². The van der Waals surface area contributed by atoms with Crippen LogP contribution in [0.2, 0.25) is 0 Å². The van der Waals surface area contributed by atoms with Crippen molar-refractivity contribution in [3.8, 4) is 0 Å². The maximum atomic E-state index is 9.86. The smallest absolute Gasteiger partial charge is 0.286 e. The molecule has 10 heteroatoms. The van der Waals surface area contributed by atoms with Gasteiger partial charge in [0.2, 0.25) is 0 Å². The van der Waals surface area contributed by atoms with Crippen molar-refractivity contribution < 1.29 is 85.1 Å². The first-order valence-electron chi connectivity index (χ1n) is 2.11. The first kappa shape index (κ1) is 19.4. The van der Waals surface area contributed by atoms with E-state index in [1.807, 2.05) is 0 Å². The average molecular weight is 236 g/mol. The molecule has 0 aliphatic rings. The molecule has 0 spiro atoms. The molecule has 0 saturated heterocycles. The minimum Gasteiger partial charge on any atom is -0.286 e. The van der Waals surface area contributed by atoms with Gasteiger partial charge in [0, 0.05) is 0 Å². The maximum absolute atomic E-state index is 9.86. The third-order valence-corrected chi connectivity index (χ3v) is 2.30. The van der Waals surface area contributed by atoms with Crippen LogP contribution in [0.3, 0.4) is 0 Å². The molecule has 2 N–H and O–H groups in total. The summed E-state index contributed by atoms with van der Waals surface area (Å²) in [4.78, 5) is 0. The molecule has 0 amide bonds. The van der Waals surface area contributed by atoms with E-state index in [2.05, 4.69) is 0 Å². The van der Waals surface area contributed by atoms with Gasteiger partial charge in [0.1, 0.15) is 0 Å².